The van der Waals surface area contributed by atoms with E-state index in [4.69, 9.17) is 18.9 Å². The molecule has 0 aromatic heterocycles. The molecule has 6 heteroatoms. The molecule has 0 unspecified atom stereocenters. The molecule has 7 aromatic rings. The molecular weight excluding hydrogens is 649 g/mol. The van der Waals surface area contributed by atoms with Gasteiger partial charge in [-0.05, 0) is 125 Å². The molecule has 2 aliphatic rings. The predicted octanol–water partition coefficient (Wildman–Crippen LogP) is 10.8. The molecule has 0 radical (unpaired) electrons. The molecule has 0 saturated carbocycles. The molecule has 0 aliphatic heterocycles. The Morgan fingerprint density at radius 2 is 0.788 bits per heavy atom. The zero-order valence-corrected chi connectivity index (χ0v) is 29.7. The standard InChI is InChI=1S/C46H34O6/c1-23-35-27-17-19-29-42-30(20-18-28(41(27)42)36(35)24(2)38(46(48)52-6)37(23)45(47)51-5)44-40(26-15-11-8-12-16-26)32-22-34(50-4)33(49-3)21-31(32)39(43(29)44)25-13-9-7-10-14-25/h7-22H,1-6H3. The summed E-state index contributed by atoms with van der Waals surface area (Å²) >= 11 is 0. The van der Waals surface area contributed by atoms with E-state index in [0.29, 0.717) is 22.6 Å². The molecule has 0 spiro atoms. The van der Waals surface area contributed by atoms with Crippen molar-refractivity contribution < 1.29 is 28.5 Å². The number of hydrogen-bond donors (Lipinski definition) is 0. The van der Waals surface area contributed by atoms with Gasteiger partial charge in [0.15, 0.2) is 11.5 Å². The number of ether oxygens (including phenoxy) is 4. The van der Waals surface area contributed by atoms with Crippen molar-refractivity contribution in [3.05, 3.63) is 119 Å². The Morgan fingerprint density at radius 3 is 1.12 bits per heavy atom. The van der Waals surface area contributed by atoms with Gasteiger partial charge >= 0.3 is 11.9 Å². The van der Waals surface area contributed by atoms with Crippen LogP contribution in [0.1, 0.15) is 31.8 Å². The minimum absolute atomic E-state index is 0.237. The number of methoxy groups -OCH3 is 4. The van der Waals surface area contributed by atoms with E-state index in [9.17, 15) is 9.59 Å². The van der Waals surface area contributed by atoms with E-state index in [1.54, 1.807) is 14.2 Å². The number of carbonyl (C=O) groups excluding carboxylic acids is 2. The van der Waals surface area contributed by atoms with E-state index in [2.05, 4.69) is 84.9 Å². The summed E-state index contributed by atoms with van der Waals surface area (Å²) in [4.78, 5) is 26.6. The van der Waals surface area contributed by atoms with Crippen LogP contribution in [0, 0.1) is 13.8 Å². The third-order valence-electron chi connectivity index (χ3n) is 11.0. The van der Waals surface area contributed by atoms with Crippen LogP contribution in [0.3, 0.4) is 0 Å². The lowest BCUT2D eigenvalue weighted by Crippen LogP contribution is -2.16. The van der Waals surface area contributed by atoms with Crippen LogP contribution in [0.2, 0.25) is 0 Å². The molecule has 0 atom stereocenters. The normalized spacial score (nSPS) is 11.8. The first-order valence-corrected chi connectivity index (χ1v) is 17.2. The van der Waals surface area contributed by atoms with Crippen molar-refractivity contribution in [2.45, 2.75) is 13.8 Å². The summed E-state index contributed by atoms with van der Waals surface area (Å²) in [7, 11) is 6.02. The summed E-state index contributed by atoms with van der Waals surface area (Å²) in [6, 6.07) is 34.0. The summed E-state index contributed by atoms with van der Waals surface area (Å²) in [5, 5.41) is 4.36. The van der Waals surface area contributed by atoms with Crippen LogP contribution in [-0.4, -0.2) is 40.4 Å². The van der Waals surface area contributed by atoms with Gasteiger partial charge in [-0.2, -0.15) is 0 Å². The molecule has 0 bridgehead atoms. The van der Waals surface area contributed by atoms with E-state index in [-0.39, 0.29) is 11.1 Å². The van der Waals surface area contributed by atoms with Gasteiger partial charge in [-0.15, -0.1) is 0 Å². The van der Waals surface area contributed by atoms with Crippen molar-refractivity contribution in [3.8, 4) is 78.3 Å². The van der Waals surface area contributed by atoms with Gasteiger partial charge in [-0.1, -0.05) is 84.9 Å². The second-order valence-corrected chi connectivity index (χ2v) is 13.3. The number of benzene rings is 7. The summed E-state index contributed by atoms with van der Waals surface area (Å²) in [6.45, 7) is 3.79. The van der Waals surface area contributed by atoms with Crippen molar-refractivity contribution in [3.63, 3.8) is 0 Å². The first-order valence-electron chi connectivity index (χ1n) is 17.2. The molecule has 254 valence electrons. The highest BCUT2D eigenvalue weighted by atomic mass is 16.5. The lowest BCUT2D eigenvalue weighted by atomic mass is 9.82. The van der Waals surface area contributed by atoms with Gasteiger partial charge in [0, 0.05) is 0 Å². The summed E-state index contributed by atoms with van der Waals surface area (Å²) in [5.74, 6) is 0.184. The number of esters is 2. The van der Waals surface area contributed by atoms with Crippen LogP contribution < -0.4 is 9.47 Å². The fourth-order valence-corrected chi connectivity index (χ4v) is 8.88. The fraction of sp³-hybridized carbons (Fsp3) is 0.130. The second kappa shape index (κ2) is 11.6. The molecule has 0 heterocycles. The molecule has 52 heavy (non-hydrogen) atoms. The lowest BCUT2D eigenvalue weighted by Gasteiger charge is -2.22. The Balaban J connectivity index is 1.47. The summed E-state index contributed by atoms with van der Waals surface area (Å²) < 4.78 is 22.2. The lowest BCUT2D eigenvalue weighted by molar-refractivity contribution is 0.0554. The fourth-order valence-electron chi connectivity index (χ4n) is 8.88. The van der Waals surface area contributed by atoms with Gasteiger partial charge in [0.2, 0.25) is 0 Å². The average Bonchev–Trinajstić information content (AvgIpc) is 3.70. The minimum Gasteiger partial charge on any atom is -0.493 e. The molecule has 2 aliphatic carbocycles. The van der Waals surface area contributed by atoms with E-state index >= 15 is 0 Å². The highest BCUT2D eigenvalue weighted by Gasteiger charge is 2.38. The van der Waals surface area contributed by atoms with Crippen molar-refractivity contribution >= 4 is 33.5 Å². The quantitative estimate of drug-likeness (QED) is 0.163. The first kappa shape index (κ1) is 31.6. The van der Waals surface area contributed by atoms with Crippen LogP contribution in [0.15, 0.2) is 97.1 Å². The van der Waals surface area contributed by atoms with Crippen LogP contribution in [0.5, 0.6) is 11.5 Å². The Labute approximate surface area is 301 Å². The van der Waals surface area contributed by atoms with Crippen molar-refractivity contribution in [1.29, 1.82) is 0 Å². The third-order valence-corrected chi connectivity index (χ3v) is 11.0. The molecule has 6 nitrogen and oxygen atoms in total. The predicted molar refractivity (Wildman–Crippen MR) is 206 cm³/mol. The maximum atomic E-state index is 13.3. The maximum absolute atomic E-state index is 13.3. The maximum Gasteiger partial charge on any atom is 0.339 e. The van der Waals surface area contributed by atoms with Crippen LogP contribution in [-0.2, 0) is 9.47 Å². The summed E-state index contributed by atoms with van der Waals surface area (Å²) in [5.41, 5.74) is 14.7. The SMILES string of the molecule is COC(=O)c1c(C)c2c(c(C)c1C(=O)OC)-c1ccc3c4c(ccc-2c14)-c1c-3c(-c2ccccc2)c2cc(OC)c(OC)cc2c1-c1ccccc1. The van der Waals surface area contributed by atoms with Crippen LogP contribution in [0.4, 0.5) is 0 Å². The zero-order valence-electron chi connectivity index (χ0n) is 29.7. The summed E-state index contributed by atoms with van der Waals surface area (Å²) in [6.07, 6.45) is 0. The molecule has 9 rings (SSSR count). The Morgan fingerprint density at radius 1 is 0.442 bits per heavy atom. The van der Waals surface area contributed by atoms with E-state index < -0.39 is 11.9 Å². The topological polar surface area (TPSA) is 71.1 Å². The Kier molecular flexibility index (Phi) is 7.03. The van der Waals surface area contributed by atoms with E-state index in [0.717, 1.165) is 88.3 Å². The van der Waals surface area contributed by atoms with E-state index in [1.807, 2.05) is 26.0 Å². The van der Waals surface area contributed by atoms with E-state index in [1.165, 1.54) is 14.2 Å². The monoisotopic (exact) mass is 682 g/mol. The molecule has 0 fully saturated rings. The van der Waals surface area contributed by atoms with Gasteiger partial charge < -0.3 is 18.9 Å². The first-order chi connectivity index (χ1) is 25.3. The smallest absolute Gasteiger partial charge is 0.339 e. The second-order valence-electron chi connectivity index (χ2n) is 13.3. The highest BCUT2D eigenvalue weighted by Crippen LogP contribution is 2.63. The largest absolute Gasteiger partial charge is 0.493 e. The minimum atomic E-state index is -0.567. The molecule has 7 aromatic carbocycles. The Hall–Kier alpha value is -6.40. The van der Waals surface area contributed by atoms with Crippen LogP contribution in [0.25, 0.3) is 88.3 Å². The molecule has 0 saturated heterocycles. The third kappa shape index (κ3) is 4.06. The molecular formula is C46H34O6. The molecule has 0 N–H and O–H groups in total. The number of carbonyl (C=O) groups is 2. The van der Waals surface area contributed by atoms with Gasteiger partial charge in [0.1, 0.15) is 0 Å². The Bertz CT molecular complexity index is 2530. The number of rotatable bonds is 6. The van der Waals surface area contributed by atoms with Gasteiger partial charge in [0.25, 0.3) is 0 Å². The highest BCUT2D eigenvalue weighted by molar-refractivity contribution is 6.33. The van der Waals surface area contributed by atoms with Crippen molar-refractivity contribution in [2.24, 2.45) is 0 Å². The zero-order chi connectivity index (χ0) is 36.0. The van der Waals surface area contributed by atoms with Gasteiger partial charge in [-0.25, -0.2) is 9.59 Å². The van der Waals surface area contributed by atoms with Gasteiger partial charge in [-0.3, -0.25) is 0 Å². The number of hydrogen-bond acceptors (Lipinski definition) is 6. The number of fused-ring (bicyclic) bond motifs is 7. The van der Waals surface area contributed by atoms with Crippen molar-refractivity contribution in [1.82, 2.24) is 0 Å². The van der Waals surface area contributed by atoms with Crippen LogP contribution >= 0.6 is 0 Å². The van der Waals surface area contributed by atoms with Crippen molar-refractivity contribution in [2.75, 3.05) is 28.4 Å². The average molecular weight is 683 g/mol. The molecule has 0 amide bonds. The van der Waals surface area contributed by atoms with Gasteiger partial charge in [0.05, 0.1) is 39.6 Å².